The maximum absolute atomic E-state index is 5.11. The smallest absolute Gasteiger partial charge is 0.522 e. The molecule has 1 aromatic rings. The Bertz CT molecular complexity index is 233. The standard InChI is InChI=1S/C9H11O.CH3.K/c1-7-5-4-6-9(10-3)8(7)2;;/h4,6H,1-3H3;1H3;/q2*-1;+1. The molecule has 0 saturated carbocycles. The van der Waals surface area contributed by atoms with E-state index in [4.69, 9.17) is 4.74 Å². The summed E-state index contributed by atoms with van der Waals surface area (Å²) < 4.78 is 5.11. The molecule has 0 aromatic heterocycles. The molecule has 0 bridgehead atoms. The third-order valence-corrected chi connectivity index (χ3v) is 1.69. The summed E-state index contributed by atoms with van der Waals surface area (Å²) in [5, 5.41) is 0. The second-order valence-corrected chi connectivity index (χ2v) is 2.30. The Morgan fingerprint density at radius 2 is 1.92 bits per heavy atom. The molecule has 0 unspecified atom stereocenters. The molecule has 0 spiro atoms. The molecule has 62 valence electrons. The Morgan fingerprint density at radius 3 is 2.33 bits per heavy atom. The normalized spacial score (nSPS) is 7.92. The summed E-state index contributed by atoms with van der Waals surface area (Å²) in [4.78, 5) is 0. The second kappa shape index (κ2) is 7.10. The molecule has 0 aliphatic heterocycles. The third kappa shape index (κ3) is 3.58. The average Bonchev–Trinajstić information content (AvgIpc) is 1.95. The van der Waals surface area contributed by atoms with Crippen molar-refractivity contribution in [2.75, 3.05) is 7.11 Å². The van der Waals surface area contributed by atoms with Crippen molar-refractivity contribution in [3.8, 4) is 5.75 Å². The number of hydrogen-bond donors (Lipinski definition) is 0. The minimum atomic E-state index is 0. The van der Waals surface area contributed by atoms with Gasteiger partial charge in [0.1, 0.15) is 0 Å². The van der Waals surface area contributed by atoms with Crippen LogP contribution in [0, 0.1) is 27.3 Å². The largest absolute Gasteiger partial charge is 1.00 e. The van der Waals surface area contributed by atoms with Crippen molar-refractivity contribution in [3.05, 3.63) is 36.8 Å². The van der Waals surface area contributed by atoms with Crippen LogP contribution in [0.1, 0.15) is 11.1 Å². The van der Waals surface area contributed by atoms with E-state index in [0.29, 0.717) is 0 Å². The van der Waals surface area contributed by atoms with Gasteiger partial charge in [-0.2, -0.15) is 17.7 Å². The van der Waals surface area contributed by atoms with Crippen LogP contribution in [0.5, 0.6) is 5.75 Å². The number of ether oxygens (including phenoxy) is 1. The van der Waals surface area contributed by atoms with Gasteiger partial charge in [0.05, 0.1) is 7.11 Å². The molecule has 2 heteroatoms. The Balaban J connectivity index is 0. The SMILES string of the molecule is COc1cc[c-]c(C)c1C.[CH3-].[K+]. The zero-order valence-corrected chi connectivity index (χ0v) is 11.7. The molecule has 0 N–H and O–H groups in total. The van der Waals surface area contributed by atoms with Crippen molar-refractivity contribution in [1.29, 1.82) is 0 Å². The number of aryl methyl sites for hydroxylation is 1. The van der Waals surface area contributed by atoms with Gasteiger partial charge in [0, 0.05) is 5.75 Å². The molecule has 0 heterocycles. The first-order valence-electron chi connectivity index (χ1n) is 3.27. The number of methoxy groups -OCH3 is 1. The van der Waals surface area contributed by atoms with E-state index in [0.717, 1.165) is 11.3 Å². The molecule has 12 heavy (non-hydrogen) atoms. The predicted molar refractivity (Wildman–Crippen MR) is 47.7 cm³/mol. The summed E-state index contributed by atoms with van der Waals surface area (Å²) in [5.41, 5.74) is 2.32. The quantitative estimate of drug-likeness (QED) is 0.430. The molecule has 0 aliphatic carbocycles. The Labute approximate surface area is 118 Å². The summed E-state index contributed by atoms with van der Waals surface area (Å²) in [6.45, 7) is 4.06. The Kier molecular flexibility index (Phi) is 8.96. The van der Waals surface area contributed by atoms with E-state index in [1.54, 1.807) is 7.11 Å². The van der Waals surface area contributed by atoms with E-state index in [1.165, 1.54) is 5.56 Å². The van der Waals surface area contributed by atoms with Crippen molar-refractivity contribution < 1.29 is 56.1 Å². The number of rotatable bonds is 1. The van der Waals surface area contributed by atoms with Crippen LogP contribution in [0.3, 0.4) is 0 Å². The minimum absolute atomic E-state index is 0. The van der Waals surface area contributed by atoms with Crippen molar-refractivity contribution in [2.24, 2.45) is 0 Å². The fourth-order valence-electron chi connectivity index (χ4n) is 0.882. The van der Waals surface area contributed by atoms with E-state index < -0.39 is 0 Å². The molecule has 0 amide bonds. The average molecular weight is 189 g/mol. The first-order valence-corrected chi connectivity index (χ1v) is 3.27. The van der Waals surface area contributed by atoms with Crippen molar-refractivity contribution in [3.63, 3.8) is 0 Å². The summed E-state index contributed by atoms with van der Waals surface area (Å²) in [6.07, 6.45) is 0. The zero-order valence-electron chi connectivity index (χ0n) is 8.56. The number of hydrogen-bond acceptors (Lipinski definition) is 1. The second-order valence-electron chi connectivity index (χ2n) is 2.30. The van der Waals surface area contributed by atoms with E-state index in [9.17, 15) is 0 Å². The molecule has 0 saturated heterocycles. The van der Waals surface area contributed by atoms with Crippen LogP contribution >= 0.6 is 0 Å². The fraction of sp³-hybridized carbons (Fsp3) is 0.300. The van der Waals surface area contributed by atoms with E-state index in [2.05, 4.69) is 6.07 Å². The molecular formula is C10H14KO-. The number of benzene rings is 1. The molecule has 0 aliphatic rings. The Hall–Kier alpha value is 0.656. The van der Waals surface area contributed by atoms with Gasteiger partial charge < -0.3 is 12.2 Å². The molecule has 1 aromatic carbocycles. The van der Waals surface area contributed by atoms with Gasteiger partial charge in [-0.15, -0.1) is 11.6 Å². The first-order chi connectivity index (χ1) is 4.75. The van der Waals surface area contributed by atoms with Gasteiger partial charge in [0.15, 0.2) is 0 Å². The van der Waals surface area contributed by atoms with Crippen LogP contribution in [0.2, 0.25) is 0 Å². The maximum atomic E-state index is 5.11. The van der Waals surface area contributed by atoms with Gasteiger partial charge >= 0.3 is 51.4 Å². The first kappa shape index (κ1) is 15.1. The molecule has 1 rings (SSSR count). The van der Waals surface area contributed by atoms with Crippen molar-refractivity contribution >= 4 is 0 Å². The van der Waals surface area contributed by atoms with Crippen molar-refractivity contribution in [2.45, 2.75) is 13.8 Å². The summed E-state index contributed by atoms with van der Waals surface area (Å²) >= 11 is 0. The van der Waals surface area contributed by atoms with Crippen LogP contribution in [-0.4, -0.2) is 7.11 Å². The third-order valence-electron chi connectivity index (χ3n) is 1.69. The molecular weight excluding hydrogens is 175 g/mol. The van der Waals surface area contributed by atoms with E-state index in [-0.39, 0.29) is 58.8 Å². The van der Waals surface area contributed by atoms with Crippen LogP contribution in [0.15, 0.2) is 12.1 Å². The zero-order chi connectivity index (χ0) is 7.56. The predicted octanol–water partition coefficient (Wildman–Crippen LogP) is -0.433. The topological polar surface area (TPSA) is 9.23 Å². The van der Waals surface area contributed by atoms with Gasteiger partial charge in [-0.3, -0.25) is 0 Å². The van der Waals surface area contributed by atoms with Gasteiger partial charge in [-0.1, -0.05) is 13.8 Å². The molecule has 1 nitrogen and oxygen atoms in total. The molecule has 0 radical (unpaired) electrons. The summed E-state index contributed by atoms with van der Waals surface area (Å²) in [6, 6.07) is 6.89. The van der Waals surface area contributed by atoms with Crippen LogP contribution in [-0.2, 0) is 0 Å². The Morgan fingerprint density at radius 1 is 1.33 bits per heavy atom. The van der Waals surface area contributed by atoms with Gasteiger partial charge in [0.2, 0.25) is 0 Å². The van der Waals surface area contributed by atoms with Crippen LogP contribution < -0.4 is 56.1 Å². The summed E-state index contributed by atoms with van der Waals surface area (Å²) in [7, 11) is 1.68. The van der Waals surface area contributed by atoms with Crippen LogP contribution in [0.25, 0.3) is 0 Å². The van der Waals surface area contributed by atoms with E-state index >= 15 is 0 Å². The van der Waals surface area contributed by atoms with Gasteiger partial charge in [0.25, 0.3) is 0 Å². The fourth-order valence-corrected chi connectivity index (χ4v) is 0.882. The summed E-state index contributed by atoms with van der Waals surface area (Å²) in [5.74, 6) is 0.941. The van der Waals surface area contributed by atoms with Gasteiger partial charge in [-0.05, 0) is 0 Å². The molecule has 0 atom stereocenters. The minimum Gasteiger partial charge on any atom is -0.522 e. The van der Waals surface area contributed by atoms with Crippen LogP contribution in [0.4, 0.5) is 0 Å². The van der Waals surface area contributed by atoms with E-state index in [1.807, 2.05) is 26.0 Å². The van der Waals surface area contributed by atoms with Crippen molar-refractivity contribution in [1.82, 2.24) is 0 Å². The maximum Gasteiger partial charge on any atom is 1.00 e. The molecule has 0 fully saturated rings. The monoisotopic (exact) mass is 189 g/mol. The van der Waals surface area contributed by atoms with Gasteiger partial charge in [-0.25, -0.2) is 0 Å².